The van der Waals surface area contributed by atoms with E-state index in [4.69, 9.17) is 4.74 Å². The highest BCUT2D eigenvalue weighted by molar-refractivity contribution is 5.88. The number of fused-ring (bicyclic) bond motifs is 1. The molecule has 2 aliphatic heterocycles. The molecule has 3 heterocycles. The lowest BCUT2D eigenvalue weighted by Gasteiger charge is -2.40. The Morgan fingerprint density at radius 3 is 2.48 bits per heavy atom. The molecule has 1 aromatic heterocycles. The van der Waals surface area contributed by atoms with Gasteiger partial charge in [-0.1, -0.05) is 37.8 Å². The number of rotatable bonds is 2. The fourth-order valence-electron chi connectivity index (χ4n) is 3.98. The molecule has 0 bridgehead atoms. The first-order chi connectivity index (χ1) is 13.6. The molecule has 1 spiro atoms. The first-order valence-electron chi connectivity index (χ1n) is 9.43. The first kappa shape index (κ1) is 19.1. The highest BCUT2D eigenvalue weighted by Crippen LogP contribution is 2.46. The molecule has 0 amide bonds. The molecule has 5 rings (SSSR count). The Balaban J connectivity index is 0.00000205. The highest BCUT2D eigenvalue weighted by Gasteiger charge is 2.37. The number of aryl methyl sites for hydroxylation is 1. The van der Waals surface area contributed by atoms with Crippen molar-refractivity contribution in [3.63, 3.8) is 0 Å². The minimum atomic E-state index is -0.341. The zero-order valence-corrected chi connectivity index (χ0v) is 15.6. The summed E-state index contributed by atoms with van der Waals surface area (Å²) in [5.41, 5.74) is 3.33. The average Bonchev–Trinajstić information content (AvgIpc) is 3.14. The summed E-state index contributed by atoms with van der Waals surface area (Å²) in [6, 6.07) is 13.5. The minimum Gasteiger partial charge on any atom is -0.507 e. The summed E-state index contributed by atoms with van der Waals surface area (Å²) < 4.78 is 6.38. The van der Waals surface area contributed by atoms with Crippen molar-refractivity contribution >= 4 is 5.57 Å². The normalized spacial score (nSPS) is 17.1. The number of piperidine rings is 1. The van der Waals surface area contributed by atoms with Gasteiger partial charge in [0.15, 0.2) is 0 Å². The molecule has 3 aromatic rings. The zero-order chi connectivity index (χ0) is 19.1. The van der Waals surface area contributed by atoms with E-state index in [0.717, 1.165) is 53.9 Å². The fraction of sp³-hybridized carbons (Fsp3) is 0.318. The molecular weight excluding hydrogens is 366 g/mol. The minimum absolute atomic E-state index is 0. The number of aromatic hydroxyl groups is 1. The SMILES string of the molecule is C.Cn1nnc(-c2ccc(C3=CC4(CCNCC4)Oc4cccc(O)c43)cc2)n1. The van der Waals surface area contributed by atoms with Crippen LogP contribution in [-0.4, -0.2) is 44.0 Å². The molecule has 0 radical (unpaired) electrons. The van der Waals surface area contributed by atoms with Crippen LogP contribution in [0.1, 0.15) is 31.4 Å². The quantitative estimate of drug-likeness (QED) is 0.698. The lowest BCUT2D eigenvalue weighted by molar-refractivity contribution is 0.0813. The van der Waals surface area contributed by atoms with E-state index in [2.05, 4.69) is 26.8 Å². The van der Waals surface area contributed by atoms with Crippen molar-refractivity contribution in [1.82, 2.24) is 25.5 Å². The Kier molecular flexibility index (Phi) is 4.84. The topological polar surface area (TPSA) is 85.1 Å². The number of hydrogen-bond donors (Lipinski definition) is 2. The Morgan fingerprint density at radius 2 is 1.79 bits per heavy atom. The molecule has 0 atom stereocenters. The number of ether oxygens (including phenoxy) is 1. The number of phenols is 1. The van der Waals surface area contributed by atoms with E-state index >= 15 is 0 Å². The maximum absolute atomic E-state index is 10.5. The van der Waals surface area contributed by atoms with E-state index in [1.54, 1.807) is 13.1 Å². The van der Waals surface area contributed by atoms with Crippen LogP contribution in [0.4, 0.5) is 0 Å². The number of tetrazole rings is 1. The first-order valence-corrected chi connectivity index (χ1v) is 9.43. The van der Waals surface area contributed by atoms with Crippen LogP contribution in [0.25, 0.3) is 17.0 Å². The zero-order valence-electron chi connectivity index (χ0n) is 15.6. The molecule has 2 aliphatic rings. The van der Waals surface area contributed by atoms with Gasteiger partial charge in [0.25, 0.3) is 0 Å². The van der Waals surface area contributed by atoms with Gasteiger partial charge < -0.3 is 15.2 Å². The number of aromatic nitrogens is 4. The van der Waals surface area contributed by atoms with E-state index in [9.17, 15) is 5.11 Å². The van der Waals surface area contributed by atoms with E-state index in [1.807, 2.05) is 36.4 Å². The summed E-state index contributed by atoms with van der Waals surface area (Å²) in [4.78, 5) is 1.44. The van der Waals surface area contributed by atoms with Gasteiger partial charge in [0, 0.05) is 18.4 Å². The maximum atomic E-state index is 10.5. The smallest absolute Gasteiger partial charge is 0.204 e. The van der Waals surface area contributed by atoms with Gasteiger partial charge in [-0.3, -0.25) is 0 Å². The molecule has 1 fully saturated rings. The van der Waals surface area contributed by atoms with Crippen molar-refractivity contribution in [3.8, 4) is 22.9 Å². The van der Waals surface area contributed by atoms with Crippen LogP contribution < -0.4 is 10.1 Å². The third-order valence-electron chi connectivity index (χ3n) is 5.41. The largest absolute Gasteiger partial charge is 0.507 e. The van der Waals surface area contributed by atoms with Crippen molar-refractivity contribution in [3.05, 3.63) is 59.7 Å². The second-order valence-corrected chi connectivity index (χ2v) is 7.30. The van der Waals surface area contributed by atoms with Crippen LogP contribution in [-0.2, 0) is 7.05 Å². The second kappa shape index (κ2) is 7.33. The van der Waals surface area contributed by atoms with Crippen LogP contribution in [0, 0.1) is 0 Å². The average molecular weight is 391 g/mol. The summed E-state index contributed by atoms with van der Waals surface area (Å²) in [6.07, 6.45) is 3.98. The van der Waals surface area contributed by atoms with Crippen molar-refractivity contribution in [2.24, 2.45) is 7.05 Å². The number of phenolic OH excluding ortho intramolecular Hbond substituents is 1. The summed E-state index contributed by atoms with van der Waals surface area (Å²) in [6.45, 7) is 1.82. The molecule has 7 nitrogen and oxygen atoms in total. The molecule has 0 aliphatic carbocycles. The van der Waals surface area contributed by atoms with E-state index in [1.165, 1.54) is 4.80 Å². The fourth-order valence-corrected chi connectivity index (χ4v) is 3.98. The number of hydrogen-bond acceptors (Lipinski definition) is 6. The monoisotopic (exact) mass is 391 g/mol. The van der Waals surface area contributed by atoms with E-state index in [-0.39, 0.29) is 18.8 Å². The Bertz CT molecular complexity index is 1050. The van der Waals surface area contributed by atoms with Gasteiger partial charge in [-0.05, 0) is 47.6 Å². The predicted molar refractivity (Wildman–Crippen MR) is 112 cm³/mol. The number of benzene rings is 2. The van der Waals surface area contributed by atoms with Crippen molar-refractivity contribution < 1.29 is 9.84 Å². The highest BCUT2D eigenvalue weighted by atomic mass is 16.5. The Labute approximate surface area is 170 Å². The number of nitrogens with zero attached hydrogens (tertiary/aromatic N) is 4. The van der Waals surface area contributed by atoms with Gasteiger partial charge in [-0.15, -0.1) is 10.2 Å². The summed E-state index contributed by atoms with van der Waals surface area (Å²) in [5, 5.41) is 26.2. The van der Waals surface area contributed by atoms with Gasteiger partial charge >= 0.3 is 0 Å². The van der Waals surface area contributed by atoms with Crippen molar-refractivity contribution in [2.75, 3.05) is 13.1 Å². The molecule has 2 aromatic carbocycles. The van der Waals surface area contributed by atoms with Crippen LogP contribution in [0.3, 0.4) is 0 Å². The van der Waals surface area contributed by atoms with Crippen LogP contribution in [0.15, 0.2) is 48.5 Å². The van der Waals surface area contributed by atoms with Crippen LogP contribution in [0.5, 0.6) is 11.5 Å². The Hall–Kier alpha value is -3.19. The standard InChI is InChI=1S/C21H21N5O2.CH4/c1-26-24-20(23-25-26)15-7-5-14(6-8-15)16-13-21(9-11-22-12-10-21)28-18-4-2-3-17(27)19(16)18;/h2-8,13,22,27H,9-12H2,1H3;1H4. The third-order valence-corrected chi connectivity index (χ3v) is 5.41. The lowest BCUT2D eigenvalue weighted by Crippen LogP contribution is -2.46. The number of nitrogens with one attached hydrogen (secondary N) is 1. The van der Waals surface area contributed by atoms with Gasteiger partial charge in [0.05, 0.1) is 12.6 Å². The molecule has 1 saturated heterocycles. The van der Waals surface area contributed by atoms with Crippen molar-refractivity contribution in [2.45, 2.75) is 25.9 Å². The van der Waals surface area contributed by atoms with E-state index in [0.29, 0.717) is 5.82 Å². The third kappa shape index (κ3) is 3.38. The van der Waals surface area contributed by atoms with Crippen LogP contribution >= 0.6 is 0 Å². The molecule has 2 N–H and O–H groups in total. The van der Waals surface area contributed by atoms with Gasteiger partial charge in [0.1, 0.15) is 17.1 Å². The van der Waals surface area contributed by atoms with Gasteiger partial charge in [-0.25, -0.2) is 0 Å². The molecule has 0 unspecified atom stereocenters. The van der Waals surface area contributed by atoms with Crippen LogP contribution in [0.2, 0.25) is 0 Å². The molecular formula is C22H25N5O2. The van der Waals surface area contributed by atoms with Gasteiger partial charge in [0.2, 0.25) is 5.82 Å². The van der Waals surface area contributed by atoms with Crippen molar-refractivity contribution in [1.29, 1.82) is 0 Å². The summed E-state index contributed by atoms with van der Waals surface area (Å²) >= 11 is 0. The van der Waals surface area contributed by atoms with E-state index < -0.39 is 0 Å². The predicted octanol–water partition coefficient (Wildman–Crippen LogP) is 3.17. The summed E-state index contributed by atoms with van der Waals surface area (Å²) in [7, 11) is 1.75. The molecule has 0 saturated carbocycles. The summed E-state index contributed by atoms with van der Waals surface area (Å²) in [5.74, 6) is 1.55. The Morgan fingerprint density at radius 1 is 1.07 bits per heavy atom. The lowest BCUT2D eigenvalue weighted by atomic mass is 9.83. The maximum Gasteiger partial charge on any atom is 0.204 e. The van der Waals surface area contributed by atoms with Gasteiger partial charge in [-0.2, -0.15) is 4.80 Å². The second-order valence-electron chi connectivity index (χ2n) is 7.30. The molecule has 150 valence electrons. The molecule has 7 heteroatoms. The molecule has 29 heavy (non-hydrogen) atoms.